The SMILES string of the molecule is Cc1ccccc1NC(=O)Cn1nc(-c2nc(-c3ccc(F)cc3)no2)ccc1=O. The van der Waals surface area contributed by atoms with Gasteiger partial charge in [0, 0.05) is 17.3 Å². The van der Waals surface area contributed by atoms with Crippen molar-refractivity contribution in [3.8, 4) is 23.0 Å². The molecule has 2 aromatic carbocycles. The normalized spacial score (nSPS) is 10.7. The standard InChI is InChI=1S/C21H16FN5O3/c1-13-4-2-3-5-16(13)23-18(28)12-27-19(29)11-10-17(25-27)21-24-20(26-30-21)14-6-8-15(22)9-7-14/h2-11H,12H2,1H3,(H,23,28). The maximum atomic E-state index is 13.1. The predicted octanol–water partition coefficient (Wildman–Crippen LogP) is 3.05. The highest BCUT2D eigenvalue weighted by Gasteiger charge is 2.15. The Labute approximate surface area is 170 Å². The molecule has 1 N–H and O–H groups in total. The molecule has 0 unspecified atom stereocenters. The van der Waals surface area contributed by atoms with Crippen molar-refractivity contribution in [3.05, 3.63) is 82.4 Å². The number of aryl methyl sites for hydroxylation is 1. The molecule has 4 rings (SSSR count). The Morgan fingerprint density at radius 3 is 2.63 bits per heavy atom. The van der Waals surface area contributed by atoms with Gasteiger partial charge < -0.3 is 9.84 Å². The van der Waals surface area contributed by atoms with Crippen LogP contribution in [0.3, 0.4) is 0 Å². The zero-order chi connectivity index (χ0) is 21.1. The van der Waals surface area contributed by atoms with E-state index >= 15 is 0 Å². The number of halogens is 1. The zero-order valence-electron chi connectivity index (χ0n) is 15.9. The van der Waals surface area contributed by atoms with E-state index in [4.69, 9.17) is 4.52 Å². The molecule has 0 spiro atoms. The van der Waals surface area contributed by atoms with E-state index in [9.17, 15) is 14.0 Å². The van der Waals surface area contributed by atoms with E-state index in [2.05, 4.69) is 20.6 Å². The van der Waals surface area contributed by atoms with Crippen LogP contribution in [0.4, 0.5) is 10.1 Å². The number of rotatable bonds is 5. The van der Waals surface area contributed by atoms with Crippen LogP contribution < -0.4 is 10.9 Å². The van der Waals surface area contributed by atoms with E-state index in [-0.39, 0.29) is 29.8 Å². The second-order valence-electron chi connectivity index (χ2n) is 6.51. The lowest BCUT2D eigenvalue weighted by Gasteiger charge is -2.09. The number of amides is 1. The molecule has 0 saturated carbocycles. The number of para-hydroxylation sites is 1. The summed E-state index contributed by atoms with van der Waals surface area (Å²) >= 11 is 0. The molecule has 30 heavy (non-hydrogen) atoms. The molecule has 0 aliphatic carbocycles. The molecule has 0 aliphatic heterocycles. The maximum absolute atomic E-state index is 13.1. The third-order valence-electron chi connectivity index (χ3n) is 4.33. The summed E-state index contributed by atoms with van der Waals surface area (Å²) < 4.78 is 19.3. The van der Waals surface area contributed by atoms with Gasteiger partial charge in [-0.25, -0.2) is 9.07 Å². The van der Waals surface area contributed by atoms with Gasteiger partial charge in [-0.05, 0) is 48.9 Å². The summed E-state index contributed by atoms with van der Waals surface area (Å²) in [7, 11) is 0. The fraction of sp³-hybridized carbons (Fsp3) is 0.0952. The number of carbonyl (C=O) groups excluding carboxylic acids is 1. The second-order valence-corrected chi connectivity index (χ2v) is 6.51. The lowest BCUT2D eigenvalue weighted by atomic mass is 10.2. The lowest BCUT2D eigenvalue weighted by Crippen LogP contribution is -2.29. The number of hydrogen-bond donors (Lipinski definition) is 1. The van der Waals surface area contributed by atoms with Crippen LogP contribution in [-0.4, -0.2) is 25.8 Å². The molecule has 0 saturated heterocycles. The monoisotopic (exact) mass is 405 g/mol. The summed E-state index contributed by atoms with van der Waals surface area (Å²) in [4.78, 5) is 28.7. The Hall–Kier alpha value is -4.14. The molecule has 2 heterocycles. The molecule has 150 valence electrons. The first-order valence-electron chi connectivity index (χ1n) is 9.03. The van der Waals surface area contributed by atoms with Crippen LogP contribution in [0, 0.1) is 12.7 Å². The van der Waals surface area contributed by atoms with Gasteiger partial charge in [-0.3, -0.25) is 9.59 Å². The van der Waals surface area contributed by atoms with Crippen molar-refractivity contribution >= 4 is 11.6 Å². The van der Waals surface area contributed by atoms with E-state index in [1.807, 2.05) is 25.1 Å². The Balaban J connectivity index is 1.55. The Kier molecular flexibility index (Phi) is 5.17. The van der Waals surface area contributed by atoms with E-state index in [0.29, 0.717) is 11.3 Å². The van der Waals surface area contributed by atoms with E-state index in [0.717, 1.165) is 10.2 Å². The van der Waals surface area contributed by atoms with Crippen molar-refractivity contribution in [2.24, 2.45) is 0 Å². The molecule has 8 nitrogen and oxygen atoms in total. The van der Waals surface area contributed by atoms with Gasteiger partial charge in [0.05, 0.1) is 0 Å². The maximum Gasteiger partial charge on any atom is 0.278 e. The van der Waals surface area contributed by atoms with Crippen molar-refractivity contribution in [3.63, 3.8) is 0 Å². The highest BCUT2D eigenvalue weighted by molar-refractivity contribution is 5.91. The number of nitrogens with one attached hydrogen (secondary N) is 1. The number of carbonyl (C=O) groups is 1. The van der Waals surface area contributed by atoms with Crippen LogP contribution in [0.25, 0.3) is 23.0 Å². The first-order valence-corrected chi connectivity index (χ1v) is 9.03. The van der Waals surface area contributed by atoms with Gasteiger partial charge in [0.2, 0.25) is 11.7 Å². The van der Waals surface area contributed by atoms with Gasteiger partial charge in [-0.1, -0.05) is 23.4 Å². The van der Waals surface area contributed by atoms with Crippen LogP contribution in [0.5, 0.6) is 0 Å². The van der Waals surface area contributed by atoms with Crippen LogP contribution in [-0.2, 0) is 11.3 Å². The van der Waals surface area contributed by atoms with Gasteiger partial charge >= 0.3 is 0 Å². The van der Waals surface area contributed by atoms with Gasteiger partial charge in [0.15, 0.2) is 0 Å². The number of nitrogens with zero attached hydrogens (tertiary/aromatic N) is 4. The molecule has 0 aliphatic rings. The van der Waals surface area contributed by atoms with E-state index in [1.54, 1.807) is 6.07 Å². The third kappa shape index (κ3) is 4.14. The van der Waals surface area contributed by atoms with Gasteiger partial charge in [-0.2, -0.15) is 10.1 Å². The van der Waals surface area contributed by atoms with Gasteiger partial charge in [0.25, 0.3) is 11.4 Å². The Morgan fingerprint density at radius 1 is 1.10 bits per heavy atom. The van der Waals surface area contributed by atoms with Crippen LogP contribution in [0.15, 0.2) is 70.0 Å². The van der Waals surface area contributed by atoms with Crippen molar-refractivity contribution in [2.45, 2.75) is 13.5 Å². The minimum atomic E-state index is -0.447. The summed E-state index contributed by atoms with van der Waals surface area (Å²) in [6.07, 6.45) is 0. The summed E-state index contributed by atoms with van der Waals surface area (Å²) in [5.74, 6) is -0.446. The van der Waals surface area contributed by atoms with Crippen molar-refractivity contribution < 1.29 is 13.7 Å². The molecular formula is C21H16FN5O3. The van der Waals surface area contributed by atoms with E-state index in [1.165, 1.54) is 36.4 Å². The third-order valence-corrected chi connectivity index (χ3v) is 4.33. The molecule has 9 heteroatoms. The molecule has 4 aromatic rings. The van der Waals surface area contributed by atoms with Crippen molar-refractivity contribution in [1.29, 1.82) is 0 Å². The lowest BCUT2D eigenvalue weighted by molar-refractivity contribution is -0.117. The number of anilines is 1. The molecule has 0 bridgehead atoms. The summed E-state index contributed by atoms with van der Waals surface area (Å²) in [6, 6.07) is 15.6. The molecule has 2 aromatic heterocycles. The van der Waals surface area contributed by atoms with Crippen LogP contribution in [0.2, 0.25) is 0 Å². The number of hydrogen-bond acceptors (Lipinski definition) is 6. The van der Waals surface area contributed by atoms with Crippen LogP contribution >= 0.6 is 0 Å². The van der Waals surface area contributed by atoms with Gasteiger partial charge in [-0.15, -0.1) is 0 Å². The number of aromatic nitrogens is 4. The van der Waals surface area contributed by atoms with Crippen molar-refractivity contribution in [2.75, 3.05) is 5.32 Å². The molecule has 0 atom stereocenters. The quantitative estimate of drug-likeness (QED) is 0.547. The minimum Gasteiger partial charge on any atom is -0.332 e. The largest absolute Gasteiger partial charge is 0.332 e. The highest BCUT2D eigenvalue weighted by atomic mass is 19.1. The summed E-state index contributed by atoms with van der Waals surface area (Å²) in [5, 5.41) is 10.8. The first kappa shape index (κ1) is 19.2. The zero-order valence-corrected chi connectivity index (χ0v) is 15.9. The summed E-state index contributed by atoms with van der Waals surface area (Å²) in [6.45, 7) is 1.59. The smallest absolute Gasteiger partial charge is 0.278 e. The van der Waals surface area contributed by atoms with E-state index < -0.39 is 11.5 Å². The molecule has 0 fully saturated rings. The minimum absolute atomic E-state index is 0.0717. The first-order chi connectivity index (χ1) is 14.5. The Bertz CT molecular complexity index is 1260. The molecule has 0 radical (unpaired) electrons. The van der Waals surface area contributed by atoms with Crippen molar-refractivity contribution in [1.82, 2.24) is 19.9 Å². The molecular weight excluding hydrogens is 389 g/mol. The average molecular weight is 405 g/mol. The highest BCUT2D eigenvalue weighted by Crippen LogP contribution is 2.20. The molecule has 1 amide bonds. The van der Waals surface area contributed by atoms with Gasteiger partial charge in [0.1, 0.15) is 18.1 Å². The average Bonchev–Trinajstić information content (AvgIpc) is 3.22. The summed E-state index contributed by atoms with van der Waals surface area (Å²) in [5.41, 5.74) is 1.92. The fourth-order valence-electron chi connectivity index (χ4n) is 2.76. The van der Waals surface area contributed by atoms with Crippen LogP contribution in [0.1, 0.15) is 5.56 Å². The predicted molar refractivity (Wildman–Crippen MR) is 107 cm³/mol. The number of benzene rings is 2. The second kappa shape index (κ2) is 8.08. The topological polar surface area (TPSA) is 103 Å². The Morgan fingerprint density at radius 2 is 1.87 bits per heavy atom. The fourth-order valence-corrected chi connectivity index (χ4v) is 2.76.